The number of imide groups is 1. The van der Waals surface area contributed by atoms with Crippen molar-refractivity contribution in [1.29, 1.82) is 0 Å². The van der Waals surface area contributed by atoms with Gasteiger partial charge in [-0.2, -0.15) is 0 Å². The number of carbonyl (C=O) groups is 8. The van der Waals surface area contributed by atoms with Gasteiger partial charge in [-0.1, -0.05) is 24.3 Å². The molecule has 3 aromatic rings. The van der Waals surface area contributed by atoms with E-state index in [1.165, 1.54) is 36.1 Å². The summed E-state index contributed by atoms with van der Waals surface area (Å²) < 4.78 is 30.4. The van der Waals surface area contributed by atoms with Crippen LogP contribution < -0.4 is 32.3 Å². The number of nitrogens with zero attached hydrogens (tertiary/aromatic N) is 2. The number of likely N-dealkylation sites (N-methyl/N-ethyl adjacent to an activating group) is 1. The third-order valence-electron chi connectivity index (χ3n) is 10.5. The van der Waals surface area contributed by atoms with E-state index in [9.17, 15) is 42.7 Å². The van der Waals surface area contributed by atoms with Gasteiger partial charge in [-0.15, -0.1) is 0 Å². The number of halogens is 1. The minimum absolute atomic E-state index is 0.0453. The summed E-state index contributed by atoms with van der Waals surface area (Å²) in [5.41, 5.74) is 9.84. The number of hydrogen-bond acceptors (Lipinski definition) is 12. The SMILES string of the molecule is C[C@@H](NC(=O)CCOCCOCCN1C(=O)C=CC1=O)C(=O)N[C@H](CCCCN)C(=O)NCC(=O)NCOCC(=O)N(C)Cc1ccc(-c2[nH]c3cc(F)cc4c3c2CCNC4=O)cc1. The number of carbonyl (C=O) groups excluding carboxylic acids is 8. The summed E-state index contributed by atoms with van der Waals surface area (Å²) in [5.74, 6) is -4.25. The molecule has 0 spiro atoms. The number of H-pyrrole nitrogens is 1. The van der Waals surface area contributed by atoms with Crippen LogP contribution in [-0.4, -0.2) is 147 Å². The lowest BCUT2D eigenvalue weighted by Crippen LogP contribution is -2.53. The summed E-state index contributed by atoms with van der Waals surface area (Å²) in [4.78, 5) is 105. The molecule has 0 unspecified atom stereocenters. The normalized spacial score (nSPS) is 14.2. The predicted octanol–water partition coefficient (Wildman–Crippen LogP) is -0.108. The number of aromatic nitrogens is 1. The van der Waals surface area contributed by atoms with E-state index in [0.29, 0.717) is 48.8 Å². The Morgan fingerprint density at radius 2 is 1.62 bits per heavy atom. The van der Waals surface area contributed by atoms with Crippen LogP contribution in [0.1, 0.15) is 54.1 Å². The van der Waals surface area contributed by atoms with E-state index >= 15 is 0 Å². The van der Waals surface area contributed by atoms with Crippen molar-refractivity contribution in [2.75, 3.05) is 73.0 Å². The van der Waals surface area contributed by atoms with E-state index in [1.807, 2.05) is 24.3 Å². The number of nitrogens with one attached hydrogen (secondary N) is 6. The standard InChI is InChI=1S/C44H56FN9O11/c1-27(50-35(55)13-17-63-19-20-64-18-16-54-37(57)10-11-38(54)58)42(60)52-33(5-3-4-14-46)44(62)48-23-36(56)49-26-65-25-39(59)53(2)24-28-6-8-29(9-7-28)41-31-12-15-47-43(61)32-21-30(45)22-34(51-41)40(31)32/h6-11,21-22,27,33,51H,3-5,12-20,23-26,46H2,1-2H3,(H,47,61)(H,48,62)(H,49,56)(H,50,55)(H,52,60)/t27-,33-/m1/s1. The molecule has 0 saturated heterocycles. The molecule has 0 aliphatic carbocycles. The fourth-order valence-electron chi connectivity index (χ4n) is 7.04. The summed E-state index contributed by atoms with van der Waals surface area (Å²) in [5, 5.41) is 13.7. The molecule has 2 aliphatic heterocycles. The largest absolute Gasteiger partial charge is 0.379 e. The molecule has 8 amide bonds. The van der Waals surface area contributed by atoms with Crippen LogP contribution in [0.3, 0.4) is 0 Å². The summed E-state index contributed by atoms with van der Waals surface area (Å²) in [6.07, 6.45) is 4.23. The number of amides is 8. The fraction of sp³-hybridized carbons (Fsp3) is 0.455. The first-order valence-electron chi connectivity index (χ1n) is 21.3. The predicted molar refractivity (Wildman–Crippen MR) is 233 cm³/mol. The second-order valence-electron chi connectivity index (χ2n) is 15.4. The second kappa shape index (κ2) is 24.5. The highest BCUT2D eigenvalue weighted by molar-refractivity contribution is 6.13. The van der Waals surface area contributed by atoms with Gasteiger partial charge in [-0.3, -0.25) is 43.3 Å². The third-order valence-corrected chi connectivity index (χ3v) is 10.5. The molecule has 65 heavy (non-hydrogen) atoms. The Kier molecular flexibility index (Phi) is 18.6. The van der Waals surface area contributed by atoms with Gasteiger partial charge >= 0.3 is 0 Å². The lowest BCUT2D eigenvalue weighted by molar-refractivity contribution is -0.138. The summed E-state index contributed by atoms with van der Waals surface area (Å²) in [7, 11) is 1.61. The van der Waals surface area contributed by atoms with Crippen LogP contribution in [-0.2, 0) is 60.7 Å². The minimum Gasteiger partial charge on any atom is -0.379 e. The maximum Gasteiger partial charge on any atom is 0.253 e. The van der Waals surface area contributed by atoms with Crippen LogP contribution >= 0.6 is 0 Å². The van der Waals surface area contributed by atoms with Gasteiger partial charge in [0.1, 0.15) is 31.2 Å². The third kappa shape index (κ3) is 14.5. The Hall–Kier alpha value is -6.55. The van der Waals surface area contributed by atoms with Crippen LogP contribution in [0, 0.1) is 5.82 Å². The number of aromatic amines is 1. The van der Waals surface area contributed by atoms with Crippen molar-refractivity contribution in [2.45, 2.75) is 57.7 Å². The topological polar surface area (TPSA) is 273 Å². The minimum atomic E-state index is -1.02. The molecule has 2 aliphatic rings. The lowest BCUT2D eigenvalue weighted by atomic mass is 9.99. The summed E-state index contributed by atoms with van der Waals surface area (Å²) in [6.45, 7) is 2.10. The highest BCUT2D eigenvalue weighted by Gasteiger charge is 2.26. The zero-order valence-electron chi connectivity index (χ0n) is 36.4. The molecule has 3 heterocycles. The molecule has 0 fully saturated rings. The van der Waals surface area contributed by atoms with E-state index in [1.54, 1.807) is 7.05 Å². The van der Waals surface area contributed by atoms with E-state index < -0.39 is 59.9 Å². The van der Waals surface area contributed by atoms with Crippen LogP contribution in [0.4, 0.5) is 4.39 Å². The maximum atomic E-state index is 14.3. The zero-order chi connectivity index (χ0) is 46.9. The molecule has 21 heteroatoms. The van der Waals surface area contributed by atoms with Crippen molar-refractivity contribution < 1.29 is 57.0 Å². The van der Waals surface area contributed by atoms with Crippen molar-refractivity contribution in [2.24, 2.45) is 5.73 Å². The smallest absolute Gasteiger partial charge is 0.253 e. The Bertz CT molecular complexity index is 2230. The molecule has 1 aromatic heterocycles. The molecule has 0 saturated carbocycles. The number of hydrogen-bond donors (Lipinski definition) is 7. The highest BCUT2D eigenvalue weighted by atomic mass is 19.1. The van der Waals surface area contributed by atoms with Gasteiger partial charge in [0, 0.05) is 55.3 Å². The first kappa shape index (κ1) is 49.5. The molecule has 0 radical (unpaired) electrons. The lowest BCUT2D eigenvalue weighted by Gasteiger charge is -2.21. The molecule has 2 atom stereocenters. The fourth-order valence-corrected chi connectivity index (χ4v) is 7.04. The number of ether oxygens (including phenoxy) is 3. The Morgan fingerprint density at radius 3 is 2.34 bits per heavy atom. The van der Waals surface area contributed by atoms with Crippen LogP contribution in [0.15, 0.2) is 48.6 Å². The highest BCUT2D eigenvalue weighted by Crippen LogP contribution is 2.35. The van der Waals surface area contributed by atoms with Crippen LogP contribution in [0.5, 0.6) is 0 Å². The Morgan fingerprint density at radius 1 is 0.892 bits per heavy atom. The average Bonchev–Trinajstić information content (AvgIpc) is 3.75. The van der Waals surface area contributed by atoms with Gasteiger partial charge in [0.05, 0.1) is 45.1 Å². The average molecular weight is 906 g/mol. The van der Waals surface area contributed by atoms with Crippen molar-refractivity contribution >= 4 is 58.2 Å². The van der Waals surface area contributed by atoms with Gasteiger partial charge < -0.3 is 56.4 Å². The van der Waals surface area contributed by atoms with E-state index in [-0.39, 0.29) is 77.5 Å². The van der Waals surface area contributed by atoms with Gasteiger partial charge in [0.2, 0.25) is 29.5 Å². The van der Waals surface area contributed by atoms with E-state index in [2.05, 4.69) is 31.6 Å². The number of benzene rings is 2. The van der Waals surface area contributed by atoms with Gasteiger partial charge in [0.25, 0.3) is 17.7 Å². The quantitative estimate of drug-likeness (QED) is 0.0316. The molecular weight excluding hydrogens is 850 g/mol. The first-order chi connectivity index (χ1) is 31.2. The summed E-state index contributed by atoms with van der Waals surface area (Å²) in [6, 6.07) is 8.14. The van der Waals surface area contributed by atoms with Crippen LogP contribution in [0.2, 0.25) is 0 Å². The van der Waals surface area contributed by atoms with Crippen molar-refractivity contribution in [3.8, 4) is 11.3 Å². The van der Waals surface area contributed by atoms with Crippen molar-refractivity contribution in [3.05, 3.63) is 71.1 Å². The van der Waals surface area contributed by atoms with E-state index in [4.69, 9.17) is 19.9 Å². The van der Waals surface area contributed by atoms with Crippen molar-refractivity contribution in [1.82, 2.24) is 41.4 Å². The zero-order valence-corrected chi connectivity index (χ0v) is 36.4. The Balaban J connectivity index is 0.961. The number of rotatable bonds is 26. The van der Waals surface area contributed by atoms with Gasteiger partial charge in [-0.25, -0.2) is 4.39 Å². The molecule has 8 N–H and O–H groups in total. The molecule has 2 aromatic carbocycles. The second-order valence-corrected chi connectivity index (χ2v) is 15.4. The van der Waals surface area contributed by atoms with Gasteiger partial charge in [-0.05, 0) is 68.0 Å². The molecule has 350 valence electrons. The maximum absolute atomic E-state index is 14.3. The number of unbranched alkanes of at least 4 members (excludes halogenated alkanes) is 1. The Labute approximate surface area is 374 Å². The molecule has 0 bridgehead atoms. The first-order valence-corrected chi connectivity index (χ1v) is 21.3. The monoisotopic (exact) mass is 905 g/mol. The van der Waals surface area contributed by atoms with Gasteiger partial charge in [0.15, 0.2) is 0 Å². The van der Waals surface area contributed by atoms with Crippen molar-refractivity contribution in [3.63, 3.8) is 0 Å². The van der Waals surface area contributed by atoms with E-state index in [0.717, 1.165) is 27.3 Å². The molecular formula is C44H56FN9O11. The molecule has 20 nitrogen and oxygen atoms in total. The summed E-state index contributed by atoms with van der Waals surface area (Å²) >= 11 is 0. The number of nitrogens with two attached hydrogens (primary N) is 1. The van der Waals surface area contributed by atoms with Crippen LogP contribution in [0.25, 0.3) is 22.2 Å². The molecule has 5 rings (SSSR count).